The second-order valence-electron chi connectivity index (χ2n) is 7.58. The summed E-state index contributed by atoms with van der Waals surface area (Å²) in [5, 5.41) is 3.36. The van der Waals surface area contributed by atoms with Crippen molar-refractivity contribution in [3.63, 3.8) is 0 Å². The van der Waals surface area contributed by atoms with E-state index >= 15 is 0 Å². The number of rotatable bonds is 5. The van der Waals surface area contributed by atoms with Crippen molar-refractivity contribution >= 4 is 5.91 Å². The summed E-state index contributed by atoms with van der Waals surface area (Å²) in [5.41, 5.74) is 1.25. The molecule has 1 saturated heterocycles. The molecule has 0 bridgehead atoms. The van der Waals surface area contributed by atoms with E-state index in [-0.39, 0.29) is 11.9 Å². The molecule has 2 atom stereocenters. The SMILES string of the molecule is CC1CN(C)CCN1CC(=O)NC(c1ccccc1)C1CCCC1. The highest BCUT2D eigenvalue weighted by Crippen LogP contribution is 2.35. The van der Waals surface area contributed by atoms with E-state index in [1.54, 1.807) is 0 Å². The van der Waals surface area contributed by atoms with E-state index in [0.29, 0.717) is 18.5 Å². The van der Waals surface area contributed by atoms with Crippen LogP contribution in [0.25, 0.3) is 0 Å². The Balaban J connectivity index is 1.63. The summed E-state index contributed by atoms with van der Waals surface area (Å²) in [6.45, 7) is 5.80. The van der Waals surface area contributed by atoms with Gasteiger partial charge in [0.15, 0.2) is 0 Å². The Bertz CT molecular complexity index is 527. The van der Waals surface area contributed by atoms with Crippen LogP contribution in [-0.4, -0.2) is 55.0 Å². The molecule has 1 aliphatic heterocycles. The van der Waals surface area contributed by atoms with Gasteiger partial charge in [0, 0.05) is 25.7 Å². The number of benzene rings is 1. The molecule has 1 aliphatic carbocycles. The molecular weight excluding hydrogens is 298 g/mol. The molecule has 4 nitrogen and oxygen atoms in total. The van der Waals surface area contributed by atoms with E-state index in [9.17, 15) is 4.79 Å². The molecule has 3 rings (SSSR count). The molecule has 2 aliphatic rings. The number of piperazine rings is 1. The van der Waals surface area contributed by atoms with Crippen LogP contribution >= 0.6 is 0 Å². The lowest BCUT2D eigenvalue weighted by atomic mass is 9.91. The molecule has 2 fully saturated rings. The fourth-order valence-corrected chi connectivity index (χ4v) is 4.24. The molecule has 1 N–H and O–H groups in total. The van der Waals surface area contributed by atoms with E-state index in [0.717, 1.165) is 19.6 Å². The predicted octanol–water partition coefficient (Wildman–Crippen LogP) is 2.67. The number of likely N-dealkylation sites (N-methyl/N-ethyl adjacent to an activating group) is 1. The molecule has 4 heteroatoms. The Hall–Kier alpha value is -1.39. The van der Waals surface area contributed by atoms with Gasteiger partial charge in [-0.15, -0.1) is 0 Å². The average Bonchev–Trinajstić information content (AvgIpc) is 3.10. The molecule has 1 amide bonds. The second kappa shape index (κ2) is 8.13. The Labute approximate surface area is 146 Å². The maximum Gasteiger partial charge on any atom is 0.234 e. The monoisotopic (exact) mass is 329 g/mol. The van der Waals surface area contributed by atoms with E-state index in [2.05, 4.69) is 53.4 Å². The third kappa shape index (κ3) is 4.37. The number of hydrogen-bond donors (Lipinski definition) is 1. The van der Waals surface area contributed by atoms with Crippen LogP contribution in [-0.2, 0) is 4.79 Å². The largest absolute Gasteiger partial charge is 0.348 e. The highest BCUT2D eigenvalue weighted by molar-refractivity contribution is 5.78. The topological polar surface area (TPSA) is 35.6 Å². The van der Waals surface area contributed by atoms with Crippen LogP contribution in [0.3, 0.4) is 0 Å². The normalized spacial score (nSPS) is 24.8. The van der Waals surface area contributed by atoms with Gasteiger partial charge in [-0.25, -0.2) is 0 Å². The van der Waals surface area contributed by atoms with Crippen molar-refractivity contribution in [2.75, 3.05) is 33.2 Å². The average molecular weight is 329 g/mol. The fraction of sp³-hybridized carbons (Fsp3) is 0.650. The first-order valence-electron chi connectivity index (χ1n) is 9.40. The van der Waals surface area contributed by atoms with Crippen LogP contribution in [0.15, 0.2) is 30.3 Å². The minimum absolute atomic E-state index is 0.170. The summed E-state index contributed by atoms with van der Waals surface area (Å²) in [6, 6.07) is 11.1. The van der Waals surface area contributed by atoms with E-state index in [1.165, 1.54) is 31.2 Å². The van der Waals surface area contributed by atoms with Gasteiger partial charge >= 0.3 is 0 Å². The summed E-state index contributed by atoms with van der Waals surface area (Å²) < 4.78 is 0. The number of hydrogen-bond acceptors (Lipinski definition) is 3. The van der Waals surface area contributed by atoms with Gasteiger partial charge in [0.2, 0.25) is 5.91 Å². The lowest BCUT2D eigenvalue weighted by Gasteiger charge is -2.38. The van der Waals surface area contributed by atoms with Gasteiger partial charge in [0.1, 0.15) is 0 Å². The number of amides is 1. The molecule has 132 valence electrons. The van der Waals surface area contributed by atoms with Gasteiger partial charge in [-0.2, -0.15) is 0 Å². The van der Waals surface area contributed by atoms with Gasteiger partial charge in [-0.3, -0.25) is 9.69 Å². The lowest BCUT2D eigenvalue weighted by Crippen LogP contribution is -2.53. The van der Waals surface area contributed by atoms with Gasteiger partial charge in [-0.05, 0) is 38.3 Å². The summed E-state index contributed by atoms with van der Waals surface area (Å²) in [5.74, 6) is 0.758. The molecule has 1 aromatic carbocycles. The summed E-state index contributed by atoms with van der Waals surface area (Å²) in [7, 11) is 2.15. The number of carbonyl (C=O) groups is 1. The quantitative estimate of drug-likeness (QED) is 0.902. The summed E-state index contributed by atoms with van der Waals surface area (Å²) in [6.07, 6.45) is 5.04. The lowest BCUT2D eigenvalue weighted by molar-refractivity contribution is -0.124. The van der Waals surface area contributed by atoms with Crippen molar-refractivity contribution in [1.82, 2.24) is 15.1 Å². The zero-order valence-electron chi connectivity index (χ0n) is 15.1. The van der Waals surface area contributed by atoms with Crippen molar-refractivity contribution < 1.29 is 4.79 Å². The first kappa shape index (κ1) is 17.4. The Morgan fingerprint density at radius 3 is 2.58 bits per heavy atom. The van der Waals surface area contributed by atoms with Crippen LogP contribution in [0.1, 0.15) is 44.2 Å². The van der Waals surface area contributed by atoms with Crippen molar-refractivity contribution in [2.45, 2.75) is 44.7 Å². The minimum atomic E-state index is 0.170. The number of nitrogens with one attached hydrogen (secondary N) is 1. The highest BCUT2D eigenvalue weighted by Gasteiger charge is 2.29. The highest BCUT2D eigenvalue weighted by atomic mass is 16.2. The smallest absolute Gasteiger partial charge is 0.234 e. The zero-order valence-corrected chi connectivity index (χ0v) is 15.1. The Morgan fingerprint density at radius 2 is 1.92 bits per heavy atom. The first-order valence-corrected chi connectivity index (χ1v) is 9.40. The zero-order chi connectivity index (χ0) is 16.9. The van der Waals surface area contributed by atoms with Crippen molar-refractivity contribution in [1.29, 1.82) is 0 Å². The summed E-state index contributed by atoms with van der Waals surface area (Å²) in [4.78, 5) is 17.4. The molecule has 24 heavy (non-hydrogen) atoms. The molecule has 0 radical (unpaired) electrons. The number of carbonyl (C=O) groups excluding carboxylic acids is 1. The van der Waals surface area contributed by atoms with Crippen molar-refractivity contribution in [3.8, 4) is 0 Å². The van der Waals surface area contributed by atoms with Crippen LogP contribution in [0.4, 0.5) is 0 Å². The maximum absolute atomic E-state index is 12.7. The third-order valence-corrected chi connectivity index (χ3v) is 5.66. The predicted molar refractivity (Wildman–Crippen MR) is 97.8 cm³/mol. The van der Waals surface area contributed by atoms with E-state index in [4.69, 9.17) is 0 Å². The van der Waals surface area contributed by atoms with Gasteiger partial charge in [-0.1, -0.05) is 43.2 Å². The maximum atomic E-state index is 12.7. The Kier molecular flexibility index (Phi) is 5.90. The number of nitrogens with zero attached hydrogens (tertiary/aromatic N) is 2. The minimum Gasteiger partial charge on any atom is -0.348 e. The van der Waals surface area contributed by atoms with Crippen molar-refractivity contribution in [2.24, 2.45) is 5.92 Å². The molecule has 2 unspecified atom stereocenters. The molecule has 0 spiro atoms. The van der Waals surface area contributed by atoms with Crippen LogP contribution in [0.2, 0.25) is 0 Å². The van der Waals surface area contributed by atoms with Gasteiger partial charge < -0.3 is 10.2 Å². The summed E-state index contributed by atoms with van der Waals surface area (Å²) >= 11 is 0. The standard InChI is InChI=1S/C20H31N3O/c1-16-14-22(2)12-13-23(16)15-19(24)21-20(18-10-6-7-11-18)17-8-4-3-5-9-17/h3-5,8-9,16,18,20H,6-7,10-15H2,1-2H3,(H,21,24). The first-order chi connectivity index (χ1) is 11.6. The molecule has 1 aromatic rings. The van der Waals surface area contributed by atoms with Crippen molar-refractivity contribution in [3.05, 3.63) is 35.9 Å². The molecular formula is C20H31N3O. The van der Waals surface area contributed by atoms with Crippen LogP contribution in [0.5, 0.6) is 0 Å². The second-order valence-corrected chi connectivity index (χ2v) is 7.58. The van der Waals surface area contributed by atoms with E-state index < -0.39 is 0 Å². The van der Waals surface area contributed by atoms with Crippen LogP contribution in [0, 0.1) is 5.92 Å². The van der Waals surface area contributed by atoms with Gasteiger partial charge in [0.05, 0.1) is 12.6 Å². The van der Waals surface area contributed by atoms with Crippen LogP contribution < -0.4 is 5.32 Å². The Morgan fingerprint density at radius 1 is 1.21 bits per heavy atom. The molecule has 1 heterocycles. The fourth-order valence-electron chi connectivity index (χ4n) is 4.24. The van der Waals surface area contributed by atoms with Gasteiger partial charge in [0.25, 0.3) is 0 Å². The molecule has 0 aromatic heterocycles. The van der Waals surface area contributed by atoms with E-state index in [1.807, 2.05) is 6.07 Å². The molecule has 1 saturated carbocycles. The third-order valence-electron chi connectivity index (χ3n) is 5.66.